The number of amides is 3. The number of nitrogens with one attached hydrogen (secondary N) is 2. The van der Waals surface area contributed by atoms with Crippen molar-refractivity contribution < 1.29 is 14.4 Å². The molecule has 1 unspecified atom stereocenters. The van der Waals surface area contributed by atoms with E-state index in [1.54, 1.807) is 4.90 Å². The first-order valence-electron chi connectivity index (χ1n) is 12.6. The van der Waals surface area contributed by atoms with Gasteiger partial charge in [-0.2, -0.15) is 0 Å². The summed E-state index contributed by atoms with van der Waals surface area (Å²) in [5.74, 6) is 0.707. The lowest BCUT2D eigenvalue weighted by molar-refractivity contribution is -0.119. The zero-order chi connectivity index (χ0) is 27.0. The molecule has 2 aliphatic carbocycles. The van der Waals surface area contributed by atoms with Crippen molar-refractivity contribution in [1.29, 1.82) is 0 Å². The summed E-state index contributed by atoms with van der Waals surface area (Å²) in [6.07, 6.45) is 7.82. The van der Waals surface area contributed by atoms with Crippen LogP contribution in [0.3, 0.4) is 0 Å². The van der Waals surface area contributed by atoms with Gasteiger partial charge in [0.2, 0.25) is 11.8 Å². The summed E-state index contributed by atoms with van der Waals surface area (Å²) >= 11 is 11.9. The highest BCUT2D eigenvalue weighted by Gasteiger charge is 2.31. The standard InChI is InChI=1S/C23H21Cl2N5O2.C4H7NO/c1-12-11-30(23(32)14-8-18(24)27-19(25)9-14)7-5-15(12)17-10-20(29-22(31)13-2-3-13)28-21-16(17)4-6-26-21;5-4(6)3-1-2-3/h4-6,8-10,12-13H,2-3,7,11H2,1H3,(H2,26,28,29,31);3H,1-2H2,(H2,5,6). The van der Waals surface area contributed by atoms with Crippen molar-refractivity contribution in [1.82, 2.24) is 19.9 Å². The molecule has 1 aliphatic heterocycles. The number of aromatic amines is 1. The number of aromatic nitrogens is 3. The maximum atomic E-state index is 13.0. The van der Waals surface area contributed by atoms with Gasteiger partial charge in [0.1, 0.15) is 21.8 Å². The van der Waals surface area contributed by atoms with E-state index in [0.29, 0.717) is 24.5 Å². The maximum Gasteiger partial charge on any atom is 0.254 e. The van der Waals surface area contributed by atoms with Gasteiger partial charge in [0.05, 0.1) is 0 Å². The van der Waals surface area contributed by atoms with Crippen LogP contribution < -0.4 is 11.1 Å². The highest BCUT2D eigenvalue weighted by Crippen LogP contribution is 2.35. The Bertz CT molecular complexity index is 1420. The van der Waals surface area contributed by atoms with Crippen molar-refractivity contribution in [3.05, 3.63) is 58.0 Å². The van der Waals surface area contributed by atoms with Crippen molar-refractivity contribution in [3.8, 4) is 0 Å². The first-order chi connectivity index (χ1) is 18.2. The number of pyridine rings is 2. The number of primary amides is 1. The number of halogens is 2. The van der Waals surface area contributed by atoms with Crippen LogP contribution in [0.5, 0.6) is 0 Å². The molecule has 2 saturated carbocycles. The molecule has 3 aromatic heterocycles. The molecule has 6 rings (SSSR count). The number of nitrogens with two attached hydrogens (primary N) is 1. The van der Waals surface area contributed by atoms with Crippen LogP contribution in [0.4, 0.5) is 5.82 Å². The molecule has 3 amide bonds. The molecular formula is C27H28Cl2N6O3. The number of hydrogen-bond donors (Lipinski definition) is 3. The average molecular weight is 555 g/mol. The van der Waals surface area contributed by atoms with Crippen LogP contribution in [-0.2, 0) is 9.59 Å². The molecule has 0 bridgehead atoms. The fraction of sp³-hybridized carbons (Fsp3) is 0.370. The lowest BCUT2D eigenvalue weighted by Gasteiger charge is -2.32. The predicted octanol–water partition coefficient (Wildman–Crippen LogP) is 4.67. The SMILES string of the molecule is CC1CN(C(=O)c2cc(Cl)nc(Cl)c2)CC=C1c1cc(NC(=O)C2CC2)nc2[nH]ccc12.NC(=O)C1CC1. The minimum absolute atomic E-state index is 0.0199. The van der Waals surface area contributed by atoms with Gasteiger partial charge in [-0.05, 0) is 67.0 Å². The van der Waals surface area contributed by atoms with Crippen molar-refractivity contribution in [3.63, 3.8) is 0 Å². The van der Waals surface area contributed by atoms with E-state index in [2.05, 4.69) is 33.3 Å². The molecule has 11 heteroatoms. The Labute approximate surface area is 229 Å². The number of anilines is 1. The Hall–Kier alpha value is -3.43. The number of nitrogens with zero attached hydrogens (tertiary/aromatic N) is 3. The largest absolute Gasteiger partial charge is 0.369 e. The predicted molar refractivity (Wildman–Crippen MR) is 147 cm³/mol. The van der Waals surface area contributed by atoms with Gasteiger partial charge in [-0.15, -0.1) is 0 Å². The van der Waals surface area contributed by atoms with Crippen LogP contribution in [0.1, 0.15) is 48.5 Å². The van der Waals surface area contributed by atoms with E-state index in [-0.39, 0.29) is 45.8 Å². The van der Waals surface area contributed by atoms with E-state index in [1.807, 2.05) is 18.3 Å². The molecule has 2 fully saturated rings. The Morgan fingerprint density at radius 1 is 1.05 bits per heavy atom. The highest BCUT2D eigenvalue weighted by molar-refractivity contribution is 6.33. The number of fused-ring (bicyclic) bond motifs is 1. The summed E-state index contributed by atoms with van der Waals surface area (Å²) in [5.41, 5.74) is 8.13. The molecule has 3 aromatic rings. The summed E-state index contributed by atoms with van der Waals surface area (Å²) in [4.78, 5) is 48.6. The molecule has 38 heavy (non-hydrogen) atoms. The third-order valence-corrected chi connectivity index (χ3v) is 7.26. The lowest BCUT2D eigenvalue weighted by Crippen LogP contribution is -2.38. The molecule has 0 aromatic carbocycles. The van der Waals surface area contributed by atoms with E-state index in [1.165, 1.54) is 12.1 Å². The van der Waals surface area contributed by atoms with E-state index >= 15 is 0 Å². The van der Waals surface area contributed by atoms with Crippen molar-refractivity contribution in [2.75, 3.05) is 18.4 Å². The van der Waals surface area contributed by atoms with Gasteiger partial charge in [0, 0.05) is 42.1 Å². The number of carbonyl (C=O) groups excluding carboxylic acids is 3. The van der Waals surface area contributed by atoms with Gasteiger partial charge in [0.15, 0.2) is 0 Å². The average Bonchev–Trinajstić information content (AvgIpc) is 3.79. The molecule has 3 aliphatic rings. The second kappa shape index (κ2) is 10.7. The fourth-order valence-corrected chi connectivity index (χ4v) is 4.97. The first kappa shape index (κ1) is 26.2. The van der Waals surface area contributed by atoms with Crippen LogP contribution in [0.15, 0.2) is 36.5 Å². The van der Waals surface area contributed by atoms with Crippen LogP contribution in [0.2, 0.25) is 10.3 Å². The molecule has 4 heterocycles. The summed E-state index contributed by atoms with van der Waals surface area (Å²) in [7, 11) is 0. The van der Waals surface area contributed by atoms with E-state index in [0.717, 1.165) is 47.9 Å². The number of carbonyl (C=O) groups is 3. The first-order valence-corrected chi connectivity index (χ1v) is 13.4. The minimum atomic E-state index is -0.141. The Balaban J connectivity index is 0.000000433. The van der Waals surface area contributed by atoms with E-state index in [4.69, 9.17) is 28.9 Å². The summed E-state index contributed by atoms with van der Waals surface area (Å²) in [6, 6.07) is 6.97. The monoisotopic (exact) mass is 554 g/mol. The van der Waals surface area contributed by atoms with Crippen molar-refractivity contribution >= 4 is 63.3 Å². The van der Waals surface area contributed by atoms with Crippen molar-refractivity contribution in [2.45, 2.75) is 32.6 Å². The maximum absolute atomic E-state index is 13.0. The fourth-order valence-electron chi connectivity index (χ4n) is 4.51. The third kappa shape index (κ3) is 6.00. The molecule has 1 atom stereocenters. The zero-order valence-corrected chi connectivity index (χ0v) is 22.4. The second-order valence-electron chi connectivity index (χ2n) is 10.0. The lowest BCUT2D eigenvalue weighted by atomic mass is 9.89. The number of hydrogen-bond acceptors (Lipinski definition) is 5. The number of H-pyrrole nitrogens is 1. The van der Waals surface area contributed by atoms with Gasteiger partial charge < -0.3 is 20.9 Å². The van der Waals surface area contributed by atoms with Gasteiger partial charge in [0.25, 0.3) is 5.91 Å². The minimum Gasteiger partial charge on any atom is -0.369 e. The van der Waals surface area contributed by atoms with E-state index < -0.39 is 0 Å². The van der Waals surface area contributed by atoms with Crippen LogP contribution in [0, 0.1) is 17.8 Å². The van der Waals surface area contributed by atoms with Gasteiger partial charge in [-0.25, -0.2) is 9.97 Å². The zero-order valence-electron chi connectivity index (χ0n) is 20.8. The Morgan fingerprint density at radius 2 is 1.74 bits per heavy atom. The normalized spacial score (nSPS) is 18.9. The molecular weight excluding hydrogens is 527 g/mol. The Kier molecular flexibility index (Phi) is 7.40. The topological polar surface area (TPSA) is 134 Å². The van der Waals surface area contributed by atoms with Crippen LogP contribution in [-0.4, -0.2) is 50.7 Å². The third-order valence-electron chi connectivity index (χ3n) is 6.87. The smallest absolute Gasteiger partial charge is 0.254 e. The molecule has 4 N–H and O–H groups in total. The van der Waals surface area contributed by atoms with E-state index in [9.17, 15) is 14.4 Å². The van der Waals surface area contributed by atoms with Gasteiger partial charge >= 0.3 is 0 Å². The second-order valence-corrected chi connectivity index (χ2v) is 10.8. The van der Waals surface area contributed by atoms with Crippen molar-refractivity contribution in [2.24, 2.45) is 23.5 Å². The molecule has 198 valence electrons. The van der Waals surface area contributed by atoms with Gasteiger partial charge in [-0.1, -0.05) is 36.2 Å². The quantitative estimate of drug-likeness (QED) is 0.394. The molecule has 0 saturated heterocycles. The molecule has 0 radical (unpaired) electrons. The molecule has 0 spiro atoms. The van der Waals surface area contributed by atoms with Crippen LogP contribution in [0.25, 0.3) is 16.6 Å². The molecule has 9 nitrogen and oxygen atoms in total. The number of rotatable bonds is 5. The highest BCUT2D eigenvalue weighted by atomic mass is 35.5. The van der Waals surface area contributed by atoms with Gasteiger partial charge in [-0.3, -0.25) is 14.4 Å². The summed E-state index contributed by atoms with van der Waals surface area (Å²) < 4.78 is 0. The Morgan fingerprint density at radius 3 is 2.32 bits per heavy atom. The summed E-state index contributed by atoms with van der Waals surface area (Å²) in [5, 5.41) is 4.31. The van der Waals surface area contributed by atoms with Crippen LogP contribution >= 0.6 is 23.2 Å². The summed E-state index contributed by atoms with van der Waals surface area (Å²) in [6.45, 7) is 3.08.